The first kappa shape index (κ1) is 15.3. The van der Waals surface area contributed by atoms with E-state index in [9.17, 15) is 4.79 Å². The number of hydrogen-bond donors (Lipinski definition) is 0. The molecule has 0 aliphatic heterocycles. The van der Waals surface area contributed by atoms with Crippen molar-refractivity contribution in [3.05, 3.63) is 53.6 Å². The molecule has 0 heterocycles. The maximum absolute atomic E-state index is 12.6. The zero-order valence-corrected chi connectivity index (χ0v) is 13.7. The van der Waals surface area contributed by atoms with Gasteiger partial charge in [-0.15, -0.1) is 0 Å². The Morgan fingerprint density at radius 2 is 1.77 bits per heavy atom. The Labute approximate surface area is 139 Å². The molecule has 1 aliphatic carbocycles. The molecule has 1 aliphatic rings. The van der Waals surface area contributed by atoms with E-state index in [2.05, 4.69) is 0 Å². The molecule has 5 heteroatoms. The molecule has 1 fully saturated rings. The van der Waals surface area contributed by atoms with Crippen molar-refractivity contribution in [3.8, 4) is 5.75 Å². The van der Waals surface area contributed by atoms with E-state index in [1.54, 1.807) is 11.4 Å². The lowest BCUT2D eigenvalue weighted by atomic mass is 10.3. The van der Waals surface area contributed by atoms with Crippen LogP contribution < -0.4 is 9.04 Å². The van der Waals surface area contributed by atoms with Crippen molar-refractivity contribution in [2.45, 2.75) is 17.7 Å². The van der Waals surface area contributed by atoms with Crippen LogP contribution >= 0.6 is 23.5 Å². The molecule has 3 rings (SSSR count). The van der Waals surface area contributed by atoms with Gasteiger partial charge in [-0.25, -0.2) is 4.31 Å². The second-order valence-electron chi connectivity index (χ2n) is 5.15. The third kappa shape index (κ3) is 3.57. The smallest absolute Gasteiger partial charge is 0.240 e. The second-order valence-corrected chi connectivity index (χ2v) is 6.61. The zero-order chi connectivity index (χ0) is 15.5. The lowest BCUT2D eigenvalue weighted by Gasteiger charge is -2.21. The molecule has 0 atom stereocenters. The summed E-state index contributed by atoms with van der Waals surface area (Å²) in [5.41, 5.74) is 0.859. The molecule has 22 heavy (non-hydrogen) atoms. The van der Waals surface area contributed by atoms with Gasteiger partial charge >= 0.3 is 0 Å². The first-order valence-corrected chi connectivity index (χ1v) is 8.24. The monoisotopic (exact) mass is 333 g/mol. The Bertz CT molecular complexity index is 653. The Balaban J connectivity index is 1.85. The quantitative estimate of drug-likeness (QED) is 0.736. The van der Waals surface area contributed by atoms with Crippen LogP contribution in [0.2, 0.25) is 5.02 Å². The molecule has 0 N–H and O–H groups in total. The van der Waals surface area contributed by atoms with Gasteiger partial charge in [0, 0.05) is 15.8 Å². The Morgan fingerprint density at radius 3 is 2.32 bits per heavy atom. The molecular weight excluding hydrogens is 318 g/mol. The van der Waals surface area contributed by atoms with Gasteiger partial charge in [-0.3, -0.25) is 4.79 Å². The predicted molar refractivity (Wildman–Crippen MR) is 90.5 cm³/mol. The summed E-state index contributed by atoms with van der Waals surface area (Å²) in [6.07, 6.45) is 1.96. The average Bonchev–Trinajstić information content (AvgIpc) is 3.39. The first-order valence-electron chi connectivity index (χ1n) is 7.09. The number of halogens is 1. The largest absolute Gasteiger partial charge is 0.497 e. The van der Waals surface area contributed by atoms with Gasteiger partial charge in [0.1, 0.15) is 5.75 Å². The summed E-state index contributed by atoms with van der Waals surface area (Å²) in [5, 5.41) is 0.689. The van der Waals surface area contributed by atoms with Crippen LogP contribution in [-0.4, -0.2) is 13.0 Å². The van der Waals surface area contributed by atoms with Gasteiger partial charge in [0.2, 0.25) is 5.91 Å². The van der Waals surface area contributed by atoms with Crippen LogP contribution in [0.1, 0.15) is 12.8 Å². The van der Waals surface area contributed by atoms with Crippen LogP contribution in [0.5, 0.6) is 5.75 Å². The SMILES string of the molecule is COc1ccc(N(Sc2ccc(Cl)cc2)C(=O)C2CC2)cc1. The van der Waals surface area contributed by atoms with Crippen molar-refractivity contribution in [2.24, 2.45) is 5.92 Å². The molecule has 3 nitrogen and oxygen atoms in total. The molecular formula is C17H16ClNO2S. The van der Waals surface area contributed by atoms with Crippen LogP contribution in [0.25, 0.3) is 0 Å². The summed E-state index contributed by atoms with van der Waals surface area (Å²) in [7, 11) is 1.63. The summed E-state index contributed by atoms with van der Waals surface area (Å²) >= 11 is 7.34. The standard InChI is InChI=1S/C17H16ClNO2S/c1-21-15-8-6-14(7-9-15)19(17(20)12-2-3-12)22-16-10-4-13(18)5-11-16/h4-12H,2-3H2,1H3. The van der Waals surface area contributed by atoms with E-state index in [1.165, 1.54) is 11.9 Å². The normalized spacial score (nSPS) is 13.7. The molecule has 0 unspecified atom stereocenters. The highest BCUT2D eigenvalue weighted by Crippen LogP contribution is 2.38. The number of carbonyl (C=O) groups excluding carboxylic acids is 1. The van der Waals surface area contributed by atoms with Gasteiger partial charge in [0.25, 0.3) is 0 Å². The highest BCUT2D eigenvalue weighted by molar-refractivity contribution is 8.01. The molecule has 0 spiro atoms. The molecule has 0 saturated heterocycles. The Kier molecular flexibility index (Phi) is 4.60. The lowest BCUT2D eigenvalue weighted by molar-refractivity contribution is -0.118. The highest BCUT2D eigenvalue weighted by Gasteiger charge is 2.34. The van der Waals surface area contributed by atoms with Crippen molar-refractivity contribution in [3.63, 3.8) is 0 Å². The minimum atomic E-state index is 0.155. The van der Waals surface area contributed by atoms with Gasteiger partial charge in [0.15, 0.2) is 0 Å². The van der Waals surface area contributed by atoms with Crippen molar-refractivity contribution in [1.29, 1.82) is 0 Å². The lowest BCUT2D eigenvalue weighted by Crippen LogP contribution is -2.25. The number of rotatable bonds is 5. The van der Waals surface area contributed by atoms with Crippen LogP contribution in [-0.2, 0) is 4.79 Å². The molecule has 0 bridgehead atoms. The minimum absolute atomic E-state index is 0.155. The van der Waals surface area contributed by atoms with E-state index in [0.29, 0.717) is 5.02 Å². The highest BCUT2D eigenvalue weighted by atomic mass is 35.5. The summed E-state index contributed by atoms with van der Waals surface area (Å²) in [4.78, 5) is 13.6. The Morgan fingerprint density at radius 1 is 1.14 bits per heavy atom. The number of anilines is 1. The number of nitrogens with zero attached hydrogens (tertiary/aromatic N) is 1. The first-order chi connectivity index (χ1) is 10.7. The minimum Gasteiger partial charge on any atom is -0.497 e. The fraction of sp³-hybridized carbons (Fsp3) is 0.235. The molecule has 1 saturated carbocycles. The summed E-state index contributed by atoms with van der Waals surface area (Å²) in [6, 6.07) is 15.0. The van der Waals surface area contributed by atoms with Crippen molar-refractivity contribution >= 4 is 35.1 Å². The number of ether oxygens (including phenoxy) is 1. The molecule has 2 aromatic rings. The average molecular weight is 334 g/mol. The fourth-order valence-electron chi connectivity index (χ4n) is 2.04. The third-order valence-corrected chi connectivity index (χ3v) is 4.75. The Hall–Kier alpha value is -1.65. The van der Waals surface area contributed by atoms with Crippen molar-refractivity contribution in [2.75, 3.05) is 11.4 Å². The van der Waals surface area contributed by atoms with E-state index < -0.39 is 0 Å². The predicted octanol–water partition coefficient (Wildman–Crippen LogP) is 4.80. The molecule has 1 amide bonds. The maximum atomic E-state index is 12.6. The van der Waals surface area contributed by atoms with E-state index in [0.717, 1.165) is 29.2 Å². The van der Waals surface area contributed by atoms with E-state index in [4.69, 9.17) is 16.3 Å². The third-order valence-electron chi connectivity index (χ3n) is 3.44. The topological polar surface area (TPSA) is 29.5 Å². The number of benzene rings is 2. The van der Waals surface area contributed by atoms with E-state index in [1.807, 2.05) is 48.5 Å². The number of hydrogen-bond acceptors (Lipinski definition) is 3. The van der Waals surface area contributed by atoms with Gasteiger partial charge in [-0.2, -0.15) is 0 Å². The number of carbonyl (C=O) groups is 1. The van der Waals surface area contributed by atoms with E-state index >= 15 is 0 Å². The second kappa shape index (κ2) is 6.63. The van der Waals surface area contributed by atoms with Crippen molar-refractivity contribution < 1.29 is 9.53 Å². The zero-order valence-electron chi connectivity index (χ0n) is 12.2. The molecule has 0 aromatic heterocycles. The van der Waals surface area contributed by atoms with Gasteiger partial charge < -0.3 is 4.74 Å². The molecule has 0 radical (unpaired) electrons. The van der Waals surface area contributed by atoms with Crippen LogP contribution in [0, 0.1) is 5.92 Å². The summed E-state index contributed by atoms with van der Waals surface area (Å²) in [5.74, 6) is 1.09. The van der Waals surface area contributed by atoms with Crippen LogP contribution in [0.3, 0.4) is 0 Å². The molecule has 2 aromatic carbocycles. The van der Waals surface area contributed by atoms with E-state index in [-0.39, 0.29) is 11.8 Å². The van der Waals surface area contributed by atoms with Gasteiger partial charge in [0.05, 0.1) is 12.8 Å². The number of amides is 1. The van der Waals surface area contributed by atoms with Crippen LogP contribution in [0.15, 0.2) is 53.4 Å². The number of methoxy groups -OCH3 is 1. The van der Waals surface area contributed by atoms with Gasteiger partial charge in [-0.05, 0) is 73.3 Å². The summed E-state index contributed by atoms with van der Waals surface area (Å²) in [6.45, 7) is 0. The van der Waals surface area contributed by atoms with Crippen molar-refractivity contribution in [1.82, 2.24) is 0 Å². The summed E-state index contributed by atoms with van der Waals surface area (Å²) < 4.78 is 6.94. The van der Waals surface area contributed by atoms with Crippen LogP contribution in [0.4, 0.5) is 5.69 Å². The van der Waals surface area contributed by atoms with Gasteiger partial charge in [-0.1, -0.05) is 11.6 Å². The molecule has 114 valence electrons. The fourth-order valence-corrected chi connectivity index (χ4v) is 3.10. The maximum Gasteiger partial charge on any atom is 0.240 e.